The molecule has 0 unspecified atom stereocenters. The third-order valence-electron chi connectivity index (χ3n) is 6.21. The Kier molecular flexibility index (Phi) is 8.59. The van der Waals surface area contributed by atoms with Crippen LogP contribution >= 0.6 is 15.9 Å². The zero-order chi connectivity index (χ0) is 24.2. The Hall–Kier alpha value is -1.90. The summed E-state index contributed by atoms with van der Waals surface area (Å²) in [5.74, 6) is -0.0465. The highest BCUT2D eigenvalue weighted by Gasteiger charge is 2.36. The molecule has 0 aromatic heterocycles. The first-order chi connectivity index (χ1) is 15.7. The minimum Gasteiger partial charge on any atom is -0.495 e. The van der Waals surface area contributed by atoms with Crippen LogP contribution in [0.2, 0.25) is 0 Å². The van der Waals surface area contributed by atoms with Gasteiger partial charge in [-0.2, -0.15) is 4.31 Å². The number of nitrogens with zero attached hydrogens (tertiary/aromatic N) is 1. The van der Waals surface area contributed by atoms with E-state index in [1.807, 2.05) is 39.0 Å². The van der Waals surface area contributed by atoms with Gasteiger partial charge in [-0.25, -0.2) is 8.42 Å². The first kappa shape index (κ1) is 25.7. The van der Waals surface area contributed by atoms with Crippen LogP contribution < -0.4 is 10.1 Å². The normalized spacial score (nSPS) is 15.0. The van der Waals surface area contributed by atoms with E-state index < -0.39 is 10.0 Å². The van der Waals surface area contributed by atoms with Crippen molar-refractivity contribution in [3.8, 4) is 5.75 Å². The Bertz CT molecular complexity index is 1110. The van der Waals surface area contributed by atoms with E-state index in [9.17, 15) is 13.2 Å². The predicted molar refractivity (Wildman–Crippen MR) is 135 cm³/mol. The molecule has 0 saturated heterocycles. The van der Waals surface area contributed by atoms with Crippen molar-refractivity contribution in [3.63, 3.8) is 0 Å². The Labute approximate surface area is 205 Å². The van der Waals surface area contributed by atoms with E-state index in [2.05, 4.69) is 21.2 Å². The van der Waals surface area contributed by atoms with E-state index in [-0.39, 0.29) is 23.4 Å². The molecular weight excluding hydrogens is 504 g/mol. The van der Waals surface area contributed by atoms with E-state index in [1.54, 1.807) is 12.1 Å². The van der Waals surface area contributed by atoms with Crippen molar-refractivity contribution < 1.29 is 17.9 Å². The maximum Gasteiger partial charge on any atom is 0.247 e. The van der Waals surface area contributed by atoms with E-state index in [4.69, 9.17) is 4.74 Å². The summed E-state index contributed by atoms with van der Waals surface area (Å²) in [5.41, 5.74) is 3.50. The summed E-state index contributed by atoms with van der Waals surface area (Å²) >= 11 is 3.51. The molecular formula is C25H33BrN2O4S. The molecule has 0 heterocycles. The van der Waals surface area contributed by atoms with Gasteiger partial charge in [0.05, 0.1) is 13.7 Å². The van der Waals surface area contributed by atoms with Gasteiger partial charge in [-0.1, -0.05) is 48.2 Å². The number of rotatable bonds is 8. The van der Waals surface area contributed by atoms with Gasteiger partial charge in [-0.05, 0) is 74.1 Å². The number of amides is 1. The van der Waals surface area contributed by atoms with Gasteiger partial charge < -0.3 is 10.1 Å². The molecule has 1 amide bonds. The quantitative estimate of drug-likeness (QED) is 0.476. The summed E-state index contributed by atoms with van der Waals surface area (Å²) in [6.45, 7) is 5.58. The molecule has 1 aliphatic rings. The summed E-state index contributed by atoms with van der Waals surface area (Å²) in [6, 6.07) is 8.82. The topological polar surface area (TPSA) is 75.7 Å². The second kappa shape index (κ2) is 11.0. The number of ether oxygens (including phenoxy) is 1. The number of hydrogen-bond acceptors (Lipinski definition) is 4. The molecule has 1 saturated carbocycles. The van der Waals surface area contributed by atoms with Crippen LogP contribution in [0.5, 0.6) is 5.75 Å². The van der Waals surface area contributed by atoms with Crippen molar-refractivity contribution >= 4 is 37.5 Å². The highest BCUT2D eigenvalue weighted by atomic mass is 79.9. The molecule has 2 aromatic rings. The lowest BCUT2D eigenvalue weighted by Crippen LogP contribution is -2.45. The van der Waals surface area contributed by atoms with Crippen LogP contribution in [0.4, 0.5) is 5.69 Å². The lowest BCUT2D eigenvalue weighted by molar-refractivity contribution is -0.116. The highest BCUT2D eigenvalue weighted by molar-refractivity contribution is 9.10. The number of carbonyl (C=O) groups is 1. The lowest BCUT2D eigenvalue weighted by atomic mass is 9.95. The number of hydrogen-bond donors (Lipinski definition) is 1. The average molecular weight is 538 g/mol. The van der Waals surface area contributed by atoms with Gasteiger partial charge in [-0.15, -0.1) is 0 Å². The second-order valence-corrected chi connectivity index (χ2v) is 11.4. The molecule has 2 aromatic carbocycles. The number of carbonyl (C=O) groups excluding carboxylic acids is 1. The molecule has 0 radical (unpaired) electrons. The van der Waals surface area contributed by atoms with Gasteiger partial charge in [0.2, 0.25) is 15.9 Å². The van der Waals surface area contributed by atoms with Crippen LogP contribution in [0.1, 0.15) is 55.7 Å². The Morgan fingerprint density at radius 3 is 2.48 bits per heavy atom. The SMILES string of the molecule is CCc1cc(Br)cc(C)c1NC(=O)CN(C1CCCCC1)S(=O)(=O)c1cc(C)ccc1OC. The summed E-state index contributed by atoms with van der Waals surface area (Å²) in [7, 11) is -2.48. The molecule has 3 rings (SSSR count). The van der Waals surface area contributed by atoms with Crippen LogP contribution in [-0.2, 0) is 21.2 Å². The average Bonchev–Trinajstić information content (AvgIpc) is 2.79. The van der Waals surface area contributed by atoms with Crippen molar-refractivity contribution in [3.05, 3.63) is 51.5 Å². The smallest absolute Gasteiger partial charge is 0.247 e. The monoisotopic (exact) mass is 536 g/mol. The molecule has 180 valence electrons. The predicted octanol–water partition coefficient (Wildman–Crippen LogP) is 5.60. The molecule has 0 bridgehead atoms. The molecule has 33 heavy (non-hydrogen) atoms. The zero-order valence-corrected chi connectivity index (χ0v) is 22.2. The maximum atomic E-state index is 13.8. The van der Waals surface area contributed by atoms with E-state index >= 15 is 0 Å². The summed E-state index contributed by atoms with van der Waals surface area (Å²) in [4.78, 5) is 13.3. The van der Waals surface area contributed by atoms with Gasteiger partial charge in [0, 0.05) is 16.2 Å². The number of nitrogens with one attached hydrogen (secondary N) is 1. The first-order valence-electron chi connectivity index (χ1n) is 11.4. The molecule has 1 aliphatic carbocycles. The zero-order valence-electron chi connectivity index (χ0n) is 19.8. The van der Waals surface area contributed by atoms with Gasteiger partial charge in [-0.3, -0.25) is 4.79 Å². The number of aryl methyl sites for hydroxylation is 3. The molecule has 0 aliphatic heterocycles. The summed E-state index contributed by atoms with van der Waals surface area (Å²) in [5, 5.41) is 2.99. The summed E-state index contributed by atoms with van der Waals surface area (Å²) in [6.07, 6.45) is 5.24. The third-order valence-corrected chi connectivity index (χ3v) is 8.59. The van der Waals surface area contributed by atoms with Crippen LogP contribution in [0.3, 0.4) is 0 Å². The largest absolute Gasteiger partial charge is 0.495 e. The van der Waals surface area contributed by atoms with Crippen LogP contribution in [-0.4, -0.2) is 38.3 Å². The van der Waals surface area contributed by atoms with E-state index in [0.29, 0.717) is 5.75 Å². The minimum absolute atomic E-state index is 0.109. The fourth-order valence-corrected chi connectivity index (χ4v) is 6.99. The lowest BCUT2D eigenvalue weighted by Gasteiger charge is -2.33. The minimum atomic E-state index is -3.95. The fourth-order valence-electron chi connectivity index (χ4n) is 4.48. The standard InChI is InChI=1S/C25H33BrN2O4S/c1-5-19-15-20(26)14-18(3)25(19)27-24(29)16-28(21-9-7-6-8-10-21)33(30,31)23-13-17(2)11-12-22(23)32-4/h11-15,21H,5-10,16H2,1-4H3,(H,27,29). The number of methoxy groups -OCH3 is 1. The van der Waals surface area contributed by atoms with Gasteiger partial charge >= 0.3 is 0 Å². The number of sulfonamides is 1. The highest BCUT2D eigenvalue weighted by Crippen LogP contribution is 2.33. The second-order valence-electron chi connectivity index (χ2n) is 8.65. The van der Waals surface area contributed by atoms with Gasteiger partial charge in [0.1, 0.15) is 10.6 Å². The number of halogens is 1. The summed E-state index contributed by atoms with van der Waals surface area (Å²) < 4.78 is 35.4. The van der Waals surface area contributed by atoms with Gasteiger partial charge in [0.15, 0.2) is 0 Å². The molecule has 8 heteroatoms. The molecule has 1 fully saturated rings. The van der Waals surface area contributed by atoms with Crippen LogP contribution in [0.15, 0.2) is 39.7 Å². The molecule has 1 N–H and O–H groups in total. The van der Waals surface area contributed by atoms with E-state index in [0.717, 1.165) is 65.4 Å². The van der Waals surface area contributed by atoms with Crippen LogP contribution in [0, 0.1) is 13.8 Å². The Morgan fingerprint density at radius 2 is 1.85 bits per heavy atom. The first-order valence-corrected chi connectivity index (χ1v) is 13.7. The fraction of sp³-hybridized carbons (Fsp3) is 0.480. The molecule has 6 nitrogen and oxygen atoms in total. The van der Waals surface area contributed by atoms with Gasteiger partial charge in [0.25, 0.3) is 0 Å². The molecule has 0 spiro atoms. The van der Waals surface area contributed by atoms with Crippen molar-refractivity contribution in [2.45, 2.75) is 70.2 Å². The van der Waals surface area contributed by atoms with Crippen molar-refractivity contribution in [2.75, 3.05) is 19.0 Å². The van der Waals surface area contributed by atoms with Crippen molar-refractivity contribution in [1.29, 1.82) is 0 Å². The van der Waals surface area contributed by atoms with E-state index in [1.165, 1.54) is 11.4 Å². The maximum absolute atomic E-state index is 13.8. The van der Waals surface area contributed by atoms with Crippen molar-refractivity contribution in [2.24, 2.45) is 0 Å². The van der Waals surface area contributed by atoms with Crippen molar-refractivity contribution in [1.82, 2.24) is 4.31 Å². The Morgan fingerprint density at radius 1 is 1.15 bits per heavy atom. The number of anilines is 1. The molecule has 0 atom stereocenters. The van der Waals surface area contributed by atoms with Crippen LogP contribution in [0.25, 0.3) is 0 Å². The number of benzene rings is 2. The third kappa shape index (κ3) is 5.97. The Balaban J connectivity index is 1.96.